The van der Waals surface area contributed by atoms with Gasteiger partial charge < -0.3 is 14.4 Å². The van der Waals surface area contributed by atoms with Crippen molar-refractivity contribution in [2.24, 2.45) is 5.92 Å². The van der Waals surface area contributed by atoms with Crippen LogP contribution in [-0.4, -0.2) is 40.4 Å². The first-order valence-corrected chi connectivity index (χ1v) is 11.4. The van der Waals surface area contributed by atoms with Gasteiger partial charge >= 0.3 is 0 Å². The summed E-state index contributed by atoms with van der Waals surface area (Å²) >= 11 is 0. The van der Waals surface area contributed by atoms with E-state index < -0.39 is 4.92 Å². The topological polar surface area (TPSA) is 88.7 Å². The lowest BCUT2D eigenvalue weighted by atomic mass is 9.83. The highest BCUT2D eigenvalue weighted by atomic mass is 16.6. The van der Waals surface area contributed by atoms with Crippen molar-refractivity contribution >= 4 is 17.3 Å². The predicted octanol–water partition coefficient (Wildman–Crippen LogP) is 3.65. The summed E-state index contributed by atoms with van der Waals surface area (Å²) in [6.07, 6.45) is 0.967. The van der Waals surface area contributed by atoms with Crippen molar-refractivity contribution in [1.29, 1.82) is 0 Å². The van der Waals surface area contributed by atoms with Crippen molar-refractivity contribution in [3.8, 4) is 0 Å². The zero-order valence-corrected chi connectivity index (χ0v) is 19.0. The Kier molecular flexibility index (Phi) is 5.65. The van der Waals surface area contributed by atoms with E-state index >= 15 is 0 Å². The monoisotopic (exact) mass is 458 g/mol. The van der Waals surface area contributed by atoms with Crippen LogP contribution in [0.1, 0.15) is 34.0 Å². The number of nitrogens with zero attached hydrogens (tertiary/aromatic N) is 4. The standard InChI is InChI=1S/C26H26N4O4/c1-27(14-18-6-3-2-4-7-18)26(32)20-10-11-23(24(13-20)30(33)34)28-15-19-12-21(17-28)22-8-5-9-25(31)29(22)16-19/h2-11,13,19,21H,12,14-17H2,1H3. The second kappa shape index (κ2) is 8.78. The molecule has 8 nitrogen and oxygen atoms in total. The van der Waals surface area contributed by atoms with Crippen LogP contribution < -0.4 is 10.5 Å². The largest absolute Gasteiger partial charge is 0.365 e. The van der Waals surface area contributed by atoms with Crippen molar-refractivity contribution in [3.63, 3.8) is 0 Å². The Labute approximate surface area is 197 Å². The average molecular weight is 459 g/mol. The SMILES string of the molecule is CN(Cc1ccccc1)C(=O)c1ccc(N2CC3CC(C2)c2cccc(=O)n2C3)c([N+](=O)[O-])c1. The van der Waals surface area contributed by atoms with Crippen LogP contribution >= 0.6 is 0 Å². The van der Waals surface area contributed by atoms with E-state index in [9.17, 15) is 19.7 Å². The van der Waals surface area contributed by atoms with Crippen molar-refractivity contribution in [1.82, 2.24) is 9.47 Å². The zero-order chi connectivity index (χ0) is 23.8. The summed E-state index contributed by atoms with van der Waals surface area (Å²) in [4.78, 5) is 40.5. The van der Waals surface area contributed by atoms with Crippen LogP contribution in [0, 0.1) is 16.0 Å². The van der Waals surface area contributed by atoms with E-state index in [0.29, 0.717) is 37.4 Å². The molecule has 1 aromatic heterocycles. The number of rotatable bonds is 5. The molecule has 34 heavy (non-hydrogen) atoms. The minimum absolute atomic E-state index is 0.00844. The number of nitro benzene ring substituents is 1. The fourth-order valence-electron chi connectivity index (χ4n) is 5.31. The number of carbonyl (C=O) groups excluding carboxylic acids is 1. The van der Waals surface area contributed by atoms with E-state index in [4.69, 9.17) is 0 Å². The van der Waals surface area contributed by atoms with E-state index in [1.165, 1.54) is 6.07 Å². The summed E-state index contributed by atoms with van der Waals surface area (Å²) in [5.74, 6) is 0.117. The van der Waals surface area contributed by atoms with Gasteiger partial charge in [0.2, 0.25) is 0 Å². The Morgan fingerprint density at radius 3 is 2.62 bits per heavy atom. The number of nitro groups is 1. The Bertz CT molecular complexity index is 1300. The van der Waals surface area contributed by atoms with Crippen LogP contribution in [0.4, 0.5) is 11.4 Å². The minimum atomic E-state index is -0.411. The van der Waals surface area contributed by atoms with Crippen molar-refractivity contribution < 1.29 is 9.72 Å². The third-order valence-electron chi connectivity index (χ3n) is 6.85. The maximum Gasteiger partial charge on any atom is 0.293 e. The van der Waals surface area contributed by atoms with E-state index in [-0.39, 0.29) is 29.0 Å². The molecule has 3 heterocycles. The molecule has 2 atom stereocenters. The first-order chi connectivity index (χ1) is 16.4. The van der Waals surface area contributed by atoms with Gasteiger partial charge in [0, 0.05) is 62.5 Å². The molecule has 0 spiro atoms. The molecule has 174 valence electrons. The third kappa shape index (κ3) is 4.07. The predicted molar refractivity (Wildman–Crippen MR) is 129 cm³/mol. The highest BCUT2D eigenvalue weighted by molar-refractivity contribution is 5.95. The van der Waals surface area contributed by atoms with E-state index in [0.717, 1.165) is 17.7 Å². The zero-order valence-electron chi connectivity index (χ0n) is 19.0. The first-order valence-electron chi connectivity index (χ1n) is 11.4. The quantitative estimate of drug-likeness (QED) is 0.430. The number of piperidine rings is 1. The number of hydrogen-bond acceptors (Lipinski definition) is 5. The van der Waals surface area contributed by atoms with Gasteiger partial charge in [0.05, 0.1) is 4.92 Å². The smallest absolute Gasteiger partial charge is 0.293 e. The highest BCUT2D eigenvalue weighted by Gasteiger charge is 2.36. The summed E-state index contributed by atoms with van der Waals surface area (Å²) in [7, 11) is 1.69. The Balaban J connectivity index is 1.41. The number of anilines is 1. The van der Waals surface area contributed by atoms with Crippen LogP contribution in [-0.2, 0) is 13.1 Å². The van der Waals surface area contributed by atoms with Gasteiger partial charge in [0.1, 0.15) is 5.69 Å². The number of hydrogen-bond donors (Lipinski definition) is 0. The van der Waals surface area contributed by atoms with E-state index in [1.54, 1.807) is 36.2 Å². The second-order valence-corrected chi connectivity index (χ2v) is 9.21. The molecule has 2 bridgehead atoms. The fourth-order valence-corrected chi connectivity index (χ4v) is 5.31. The summed E-state index contributed by atoms with van der Waals surface area (Å²) in [6.45, 7) is 2.28. The number of carbonyl (C=O) groups is 1. The molecule has 2 aliphatic heterocycles. The van der Waals surface area contributed by atoms with Crippen LogP contribution in [0.2, 0.25) is 0 Å². The number of aromatic nitrogens is 1. The molecule has 1 amide bonds. The van der Waals surface area contributed by atoms with Gasteiger partial charge in [-0.3, -0.25) is 19.7 Å². The Morgan fingerprint density at radius 1 is 1.06 bits per heavy atom. The molecule has 0 radical (unpaired) electrons. The summed E-state index contributed by atoms with van der Waals surface area (Å²) in [6, 6.07) is 19.7. The number of benzene rings is 2. The molecule has 1 fully saturated rings. The van der Waals surface area contributed by atoms with Crippen LogP contribution in [0.3, 0.4) is 0 Å². The highest BCUT2D eigenvalue weighted by Crippen LogP contribution is 2.39. The van der Waals surface area contributed by atoms with E-state index in [1.807, 2.05) is 45.9 Å². The van der Waals surface area contributed by atoms with Gasteiger partial charge in [-0.1, -0.05) is 36.4 Å². The lowest BCUT2D eigenvalue weighted by Gasteiger charge is -2.43. The normalized spacial score (nSPS) is 18.8. The average Bonchev–Trinajstić information content (AvgIpc) is 2.84. The van der Waals surface area contributed by atoms with Gasteiger partial charge in [0.15, 0.2) is 0 Å². The molecule has 2 aliphatic rings. The minimum Gasteiger partial charge on any atom is -0.365 e. The van der Waals surface area contributed by atoms with Crippen molar-refractivity contribution in [2.45, 2.75) is 25.4 Å². The van der Waals surface area contributed by atoms with Crippen LogP contribution in [0.25, 0.3) is 0 Å². The summed E-state index contributed by atoms with van der Waals surface area (Å²) in [5, 5.41) is 12.0. The molecular formula is C26H26N4O4. The Hall–Kier alpha value is -3.94. The molecule has 2 unspecified atom stereocenters. The molecule has 5 rings (SSSR count). The van der Waals surface area contributed by atoms with Crippen LogP contribution in [0.15, 0.2) is 71.5 Å². The molecule has 1 saturated heterocycles. The Morgan fingerprint density at radius 2 is 1.85 bits per heavy atom. The van der Waals surface area contributed by atoms with Gasteiger partial charge in [-0.15, -0.1) is 0 Å². The summed E-state index contributed by atoms with van der Waals surface area (Å²) < 4.78 is 1.84. The maximum absolute atomic E-state index is 13.0. The number of fused-ring (bicyclic) bond motifs is 4. The molecule has 3 aromatic rings. The van der Waals surface area contributed by atoms with Gasteiger partial charge in [-0.05, 0) is 36.1 Å². The first kappa shape index (κ1) is 21.9. The second-order valence-electron chi connectivity index (χ2n) is 9.21. The summed E-state index contributed by atoms with van der Waals surface area (Å²) in [5.41, 5.74) is 2.74. The maximum atomic E-state index is 13.0. The molecule has 0 saturated carbocycles. The molecule has 8 heteroatoms. The fraction of sp³-hybridized carbons (Fsp3) is 0.308. The third-order valence-corrected chi connectivity index (χ3v) is 6.85. The molecule has 0 N–H and O–H groups in total. The van der Waals surface area contributed by atoms with Crippen LogP contribution in [0.5, 0.6) is 0 Å². The van der Waals surface area contributed by atoms with Gasteiger partial charge in [-0.2, -0.15) is 0 Å². The van der Waals surface area contributed by atoms with Gasteiger partial charge in [0.25, 0.3) is 17.2 Å². The molecule has 0 aliphatic carbocycles. The molecule has 2 aromatic carbocycles. The number of pyridine rings is 1. The lowest BCUT2D eigenvalue weighted by Crippen LogP contribution is -2.47. The van der Waals surface area contributed by atoms with E-state index in [2.05, 4.69) is 0 Å². The van der Waals surface area contributed by atoms with Crippen molar-refractivity contribution in [3.05, 3.63) is 104 Å². The van der Waals surface area contributed by atoms with Crippen molar-refractivity contribution in [2.75, 3.05) is 25.0 Å². The molecular weight excluding hydrogens is 432 g/mol. The lowest BCUT2D eigenvalue weighted by molar-refractivity contribution is -0.384. The van der Waals surface area contributed by atoms with Gasteiger partial charge in [-0.25, -0.2) is 0 Å². The number of amides is 1.